The van der Waals surface area contributed by atoms with Crippen molar-refractivity contribution < 1.29 is 88.7 Å². The van der Waals surface area contributed by atoms with Gasteiger partial charge in [0.15, 0.2) is 12.2 Å². The molecule has 0 bridgehead atoms. The van der Waals surface area contributed by atoms with E-state index >= 15 is 9.13 Å². The SMILES string of the molecule is CCCCCCCCCCCCCCCC(=O)OC[C@H](COP(=O)(OCc1ccccc1)OC[C@@H](COP(=O)(OCc1ccccc1)OC[C@@H](COC(=O)CCCCCCCCCCCNC(=O)OCc1ccccc1)OC(=O)CCCCCCCCCCCCCCC)OCc1ccccc1)OC(=O)CCCCCCCCCCCCCCC. The molecule has 4 aromatic carbocycles. The third-order valence-electron chi connectivity index (χ3n) is 21.4. The second-order valence-corrected chi connectivity index (χ2v) is 35.8. The minimum atomic E-state index is -4.71. The molecule has 0 radical (unpaired) electrons. The molecule has 0 saturated heterocycles. The van der Waals surface area contributed by atoms with Gasteiger partial charge >= 0.3 is 45.6 Å². The average molecular weight is 1720 g/mol. The number of phosphoric ester groups is 2. The first kappa shape index (κ1) is 107. The first-order valence-electron chi connectivity index (χ1n) is 47.2. The third-order valence-corrected chi connectivity index (χ3v) is 24.2. The molecule has 0 spiro atoms. The fraction of sp³-hybridized carbons (Fsp3) is 0.704. The predicted octanol–water partition coefficient (Wildman–Crippen LogP) is 27.5. The molecule has 0 aliphatic rings. The molecular weight excluding hydrogens is 1560 g/mol. The minimum absolute atomic E-state index is 0.00731. The van der Waals surface area contributed by atoms with Gasteiger partial charge in [-0.3, -0.25) is 46.3 Å². The summed E-state index contributed by atoms with van der Waals surface area (Å²) in [5, 5.41) is 2.83. The Morgan fingerprint density at radius 1 is 0.258 bits per heavy atom. The Bertz CT molecular complexity index is 3190. The number of carbonyl (C=O) groups excluding carboxylic acids is 5. The van der Waals surface area contributed by atoms with Crippen LogP contribution in [0.3, 0.4) is 0 Å². The number of carbonyl (C=O) groups is 5. The summed E-state index contributed by atoms with van der Waals surface area (Å²) in [6.45, 7) is 4.14. The van der Waals surface area contributed by atoms with E-state index in [2.05, 4.69) is 26.1 Å². The van der Waals surface area contributed by atoms with Gasteiger partial charge < -0.3 is 33.7 Å². The molecule has 22 heteroatoms. The molecule has 120 heavy (non-hydrogen) atoms. The molecule has 2 unspecified atom stereocenters. The Morgan fingerprint density at radius 2 is 0.500 bits per heavy atom. The van der Waals surface area contributed by atoms with Crippen LogP contribution in [0.25, 0.3) is 0 Å². The zero-order chi connectivity index (χ0) is 85.8. The van der Waals surface area contributed by atoms with Crippen LogP contribution in [0.4, 0.5) is 4.79 Å². The van der Waals surface area contributed by atoms with Gasteiger partial charge in [0.05, 0.1) is 46.2 Å². The number of nitrogens with one attached hydrogen (secondary N) is 1. The Balaban J connectivity index is 1.46. The van der Waals surface area contributed by atoms with Crippen LogP contribution in [0.15, 0.2) is 121 Å². The summed E-state index contributed by atoms with van der Waals surface area (Å²) >= 11 is 0. The summed E-state index contributed by atoms with van der Waals surface area (Å²) in [6, 6.07) is 36.9. The monoisotopic (exact) mass is 1720 g/mol. The summed E-state index contributed by atoms with van der Waals surface area (Å²) in [6.07, 6.45) is 50.0. The van der Waals surface area contributed by atoms with Crippen molar-refractivity contribution in [2.24, 2.45) is 0 Å². The number of benzene rings is 4. The van der Waals surface area contributed by atoms with Gasteiger partial charge in [-0.15, -0.1) is 0 Å². The summed E-state index contributed by atoms with van der Waals surface area (Å²) in [4.78, 5) is 66.4. The van der Waals surface area contributed by atoms with Crippen LogP contribution in [0.5, 0.6) is 0 Å². The van der Waals surface area contributed by atoms with Gasteiger partial charge in [-0.05, 0) is 54.4 Å². The zero-order valence-corrected chi connectivity index (χ0v) is 76.3. The average Bonchev–Trinajstić information content (AvgIpc) is 0.836. The van der Waals surface area contributed by atoms with E-state index in [4.69, 9.17) is 55.6 Å². The predicted molar refractivity (Wildman–Crippen MR) is 480 cm³/mol. The summed E-state index contributed by atoms with van der Waals surface area (Å²) < 4.78 is 103. The topological polar surface area (TPSA) is 242 Å². The van der Waals surface area contributed by atoms with E-state index in [0.717, 1.165) is 133 Å². The highest BCUT2D eigenvalue weighted by Crippen LogP contribution is 2.53. The lowest BCUT2D eigenvalue weighted by atomic mass is 10.0. The Kier molecular flexibility index (Phi) is 66.3. The first-order chi connectivity index (χ1) is 58.8. The number of rotatable bonds is 83. The zero-order valence-electron chi connectivity index (χ0n) is 74.5. The van der Waals surface area contributed by atoms with E-state index < -0.39 is 90.4 Å². The van der Waals surface area contributed by atoms with Crippen molar-refractivity contribution in [3.05, 3.63) is 144 Å². The van der Waals surface area contributed by atoms with E-state index in [1.165, 1.54) is 161 Å². The van der Waals surface area contributed by atoms with Crippen LogP contribution in [0, 0.1) is 0 Å². The summed E-state index contributed by atoms with van der Waals surface area (Å²) in [5.41, 5.74) is 2.99. The van der Waals surface area contributed by atoms with Crippen molar-refractivity contribution in [1.82, 2.24) is 5.32 Å². The molecule has 0 aliphatic carbocycles. The summed E-state index contributed by atoms with van der Waals surface area (Å²) in [5.74, 6) is -1.96. The fourth-order valence-electron chi connectivity index (χ4n) is 14.0. The molecule has 1 amide bonds. The maximum atomic E-state index is 15.3. The van der Waals surface area contributed by atoms with Crippen molar-refractivity contribution in [3.8, 4) is 0 Å². The van der Waals surface area contributed by atoms with E-state index in [1.54, 1.807) is 36.4 Å². The molecule has 680 valence electrons. The quantitative estimate of drug-likeness (QED) is 0.0187. The summed E-state index contributed by atoms with van der Waals surface area (Å²) in [7, 11) is -9.41. The molecular formula is C98H159NO19P2. The van der Waals surface area contributed by atoms with Crippen molar-refractivity contribution >= 4 is 45.6 Å². The molecule has 20 nitrogen and oxygen atoms in total. The Labute approximate surface area is 724 Å². The van der Waals surface area contributed by atoms with Gasteiger partial charge in [0.1, 0.15) is 25.9 Å². The Hall–Kier alpha value is -5.79. The lowest BCUT2D eigenvalue weighted by molar-refractivity contribution is -0.161. The molecule has 0 heterocycles. The molecule has 4 aromatic rings. The third kappa shape index (κ3) is 61.5. The largest absolute Gasteiger partial charge is 0.475 e. The number of esters is 4. The molecule has 0 fully saturated rings. The van der Waals surface area contributed by atoms with Gasteiger partial charge in [-0.25, -0.2) is 13.9 Å². The highest BCUT2D eigenvalue weighted by molar-refractivity contribution is 7.48. The normalized spacial score (nSPS) is 13.2. The molecule has 1 N–H and O–H groups in total. The molecule has 5 atom stereocenters. The van der Waals surface area contributed by atoms with Crippen LogP contribution in [0.2, 0.25) is 0 Å². The molecule has 0 aliphatic heterocycles. The van der Waals surface area contributed by atoms with Crippen LogP contribution in [0.1, 0.15) is 377 Å². The van der Waals surface area contributed by atoms with Crippen LogP contribution in [-0.2, 0) is 110 Å². The molecule has 0 saturated carbocycles. The smallest absolute Gasteiger partial charge is 0.462 e. The second kappa shape index (κ2) is 74.6. The molecule has 0 aromatic heterocycles. The van der Waals surface area contributed by atoms with E-state index in [-0.39, 0.29) is 65.3 Å². The number of amides is 1. The van der Waals surface area contributed by atoms with Gasteiger partial charge in [0.2, 0.25) is 0 Å². The lowest BCUT2D eigenvalue weighted by Gasteiger charge is -2.26. The maximum Gasteiger partial charge on any atom is 0.475 e. The number of alkyl carbamates (subject to hydrolysis) is 1. The number of hydrogen-bond donors (Lipinski definition) is 1. The second-order valence-electron chi connectivity index (χ2n) is 32.5. The lowest BCUT2D eigenvalue weighted by Crippen LogP contribution is -2.31. The van der Waals surface area contributed by atoms with Gasteiger partial charge in [-0.2, -0.15) is 0 Å². The number of unbranched alkanes of at least 4 members (excludes halogenated alkanes) is 44. The van der Waals surface area contributed by atoms with E-state index in [1.807, 2.05) is 84.9 Å². The molecule has 4 rings (SSSR count). The van der Waals surface area contributed by atoms with Crippen LogP contribution in [-0.4, -0.2) is 94.5 Å². The standard InChI is InChI=1S/C98H159NO19P2/c1-4-7-10-13-16-19-22-25-28-32-37-42-59-72-94(100)108-81-92(117-96(102)74-61-44-39-33-29-26-23-20-17-14-11-8-5-2)85-115-119(105,111-79-89-68-55-49-56-69-89)113-83-91(107-77-87-64-51-47-52-65-87)84-114-120(106,112-80-90-70-57-50-58-71-90)116-86-93(118-97(103)75-62-45-40-34-30-27-24-21-18-15-12-9-6-3)82-109-95(101)73-60-43-38-35-31-36-41-46-63-76-99-98(104)110-78-88-66-53-48-54-67-88/h47-58,64-71,91-93H,4-46,59-63,72-86H2,1-3H3,(H,99,104)/t91-,92+,93+,119?,120?/m0/s1. The van der Waals surface area contributed by atoms with Crippen molar-refractivity contribution in [2.75, 3.05) is 46.2 Å². The van der Waals surface area contributed by atoms with Crippen molar-refractivity contribution in [1.29, 1.82) is 0 Å². The highest BCUT2D eigenvalue weighted by Gasteiger charge is 2.35. The van der Waals surface area contributed by atoms with E-state index in [0.29, 0.717) is 43.4 Å². The van der Waals surface area contributed by atoms with Gasteiger partial charge in [-0.1, -0.05) is 418 Å². The van der Waals surface area contributed by atoms with Crippen LogP contribution < -0.4 is 5.32 Å². The maximum absolute atomic E-state index is 15.3. The number of phosphoric acid groups is 2. The first-order valence-corrected chi connectivity index (χ1v) is 50.2. The van der Waals surface area contributed by atoms with Crippen molar-refractivity contribution in [3.63, 3.8) is 0 Å². The fourth-order valence-corrected chi connectivity index (χ4v) is 16.5. The highest BCUT2D eigenvalue weighted by atomic mass is 31.2. The van der Waals surface area contributed by atoms with E-state index in [9.17, 15) is 24.0 Å². The van der Waals surface area contributed by atoms with Gasteiger partial charge in [0, 0.05) is 32.2 Å². The Morgan fingerprint density at radius 3 is 0.792 bits per heavy atom. The van der Waals surface area contributed by atoms with Crippen LogP contribution >= 0.6 is 15.6 Å². The number of ether oxygens (including phenoxy) is 6. The number of hydrogen-bond acceptors (Lipinski definition) is 19. The van der Waals surface area contributed by atoms with Gasteiger partial charge in [0.25, 0.3) is 0 Å². The minimum Gasteiger partial charge on any atom is -0.462 e. The van der Waals surface area contributed by atoms with Crippen molar-refractivity contribution in [2.45, 2.75) is 399 Å².